The fourth-order valence-electron chi connectivity index (χ4n) is 1.88. The van der Waals surface area contributed by atoms with Crippen LogP contribution in [0.1, 0.15) is 17.3 Å². The summed E-state index contributed by atoms with van der Waals surface area (Å²) in [6, 6.07) is 6.81. The fourth-order valence-corrected chi connectivity index (χ4v) is 2.50. The molecule has 1 N–H and O–H groups in total. The quantitative estimate of drug-likeness (QED) is 0.873. The number of carbonyl (C=O) groups is 1. The standard InChI is InChI=1S/C14H15NO5S/c1-2-21(18,19)8-7-20-12-9-15-11-6-4-3-5-10(11)13(12)14(16)17/h3-6,9H,2,7-8H2,1H3,(H,16,17). The molecule has 0 saturated carbocycles. The van der Waals surface area contributed by atoms with Gasteiger partial charge in [0.05, 0.1) is 17.5 Å². The molecule has 1 heterocycles. The van der Waals surface area contributed by atoms with Gasteiger partial charge in [-0.1, -0.05) is 25.1 Å². The highest BCUT2D eigenvalue weighted by molar-refractivity contribution is 7.91. The number of rotatable bonds is 6. The maximum absolute atomic E-state index is 11.4. The molecule has 0 aliphatic carbocycles. The Morgan fingerprint density at radius 2 is 2.05 bits per heavy atom. The Balaban J connectivity index is 2.32. The number of carboxylic acids is 1. The second-order valence-electron chi connectivity index (χ2n) is 4.40. The van der Waals surface area contributed by atoms with Crippen LogP contribution >= 0.6 is 0 Å². The van der Waals surface area contributed by atoms with Gasteiger partial charge in [0.25, 0.3) is 0 Å². The van der Waals surface area contributed by atoms with E-state index in [9.17, 15) is 18.3 Å². The molecule has 112 valence electrons. The number of aromatic nitrogens is 1. The monoisotopic (exact) mass is 309 g/mol. The number of fused-ring (bicyclic) bond motifs is 1. The lowest BCUT2D eigenvalue weighted by Gasteiger charge is -2.10. The first-order chi connectivity index (χ1) is 9.94. The summed E-state index contributed by atoms with van der Waals surface area (Å²) < 4.78 is 28.1. The van der Waals surface area contributed by atoms with Crippen LogP contribution in [0.3, 0.4) is 0 Å². The van der Waals surface area contributed by atoms with Gasteiger partial charge in [-0.05, 0) is 6.07 Å². The van der Waals surface area contributed by atoms with Crippen LogP contribution in [0.4, 0.5) is 0 Å². The van der Waals surface area contributed by atoms with Gasteiger partial charge in [0.2, 0.25) is 0 Å². The number of hydrogen-bond acceptors (Lipinski definition) is 5. The van der Waals surface area contributed by atoms with E-state index in [0.29, 0.717) is 10.9 Å². The van der Waals surface area contributed by atoms with E-state index in [1.165, 1.54) is 6.20 Å². The molecule has 0 aliphatic heterocycles. The lowest BCUT2D eigenvalue weighted by molar-refractivity contribution is 0.0694. The lowest BCUT2D eigenvalue weighted by Crippen LogP contribution is -2.16. The average Bonchev–Trinajstić information content (AvgIpc) is 2.46. The van der Waals surface area contributed by atoms with Crippen molar-refractivity contribution in [3.05, 3.63) is 36.0 Å². The third-order valence-corrected chi connectivity index (χ3v) is 4.71. The molecule has 0 unspecified atom stereocenters. The van der Waals surface area contributed by atoms with Crippen molar-refractivity contribution in [1.29, 1.82) is 0 Å². The fraction of sp³-hybridized carbons (Fsp3) is 0.286. The van der Waals surface area contributed by atoms with Gasteiger partial charge < -0.3 is 9.84 Å². The normalized spacial score (nSPS) is 11.5. The molecule has 0 saturated heterocycles. The minimum Gasteiger partial charge on any atom is -0.490 e. The molecule has 1 aromatic heterocycles. The molecule has 6 nitrogen and oxygen atoms in total. The summed E-state index contributed by atoms with van der Waals surface area (Å²) in [5.74, 6) is -1.19. The molecule has 7 heteroatoms. The minimum atomic E-state index is -3.16. The maximum atomic E-state index is 11.4. The second-order valence-corrected chi connectivity index (χ2v) is 6.88. The van der Waals surface area contributed by atoms with Crippen LogP contribution in [0, 0.1) is 0 Å². The summed E-state index contributed by atoms with van der Waals surface area (Å²) in [5, 5.41) is 9.80. The molecule has 21 heavy (non-hydrogen) atoms. The van der Waals surface area contributed by atoms with E-state index in [1.54, 1.807) is 31.2 Å². The van der Waals surface area contributed by atoms with Crippen LogP contribution in [0.25, 0.3) is 10.9 Å². The minimum absolute atomic E-state index is 0.00510. The van der Waals surface area contributed by atoms with Crippen LogP contribution in [0.5, 0.6) is 5.75 Å². The molecule has 0 atom stereocenters. The summed E-state index contributed by atoms with van der Waals surface area (Å²) in [7, 11) is -3.16. The summed E-state index contributed by atoms with van der Waals surface area (Å²) in [6.45, 7) is 1.45. The van der Waals surface area contributed by atoms with Gasteiger partial charge in [-0.15, -0.1) is 0 Å². The molecule has 0 fully saturated rings. The molecule has 0 aliphatic rings. The van der Waals surface area contributed by atoms with Crippen LogP contribution in [-0.2, 0) is 9.84 Å². The number of aromatic carboxylic acids is 1. The Bertz CT molecular complexity index is 770. The first kappa shape index (κ1) is 15.2. The van der Waals surface area contributed by atoms with Gasteiger partial charge in [0.15, 0.2) is 15.6 Å². The molecule has 2 rings (SSSR count). The SMILES string of the molecule is CCS(=O)(=O)CCOc1cnc2ccccc2c1C(=O)O. The summed E-state index contributed by atoms with van der Waals surface area (Å²) >= 11 is 0. The molecule has 2 aromatic rings. The third kappa shape index (κ3) is 3.49. The average molecular weight is 309 g/mol. The van der Waals surface area contributed by atoms with Gasteiger partial charge in [-0.2, -0.15) is 0 Å². The number of sulfone groups is 1. The van der Waals surface area contributed by atoms with Crippen LogP contribution in [-0.4, -0.2) is 42.6 Å². The Morgan fingerprint density at radius 3 is 2.71 bits per heavy atom. The van der Waals surface area contributed by atoms with Crippen molar-refractivity contribution in [2.75, 3.05) is 18.1 Å². The maximum Gasteiger partial charge on any atom is 0.340 e. The Morgan fingerprint density at radius 1 is 1.33 bits per heavy atom. The Kier molecular flexibility index (Phi) is 4.42. The van der Waals surface area contributed by atoms with Gasteiger partial charge in [0.1, 0.15) is 12.2 Å². The van der Waals surface area contributed by atoms with Crippen molar-refractivity contribution in [3.63, 3.8) is 0 Å². The summed E-state index contributed by atoms with van der Waals surface area (Å²) in [6.07, 6.45) is 1.31. The van der Waals surface area contributed by atoms with E-state index < -0.39 is 15.8 Å². The third-order valence-electron chi connectivity index (χ3n) is 3.05. The topological polar surface area (TPSA) is 93.6 Å². The predicted octanol–water partition coefficient (Wildman–Crippen LogP) is 1.75. The first-order valence-corrected chi connectivity index (χ1v) is 8.21. The number of pyridine rings is 1. The Hall–Kier alpha value is -2.15. The van der Waals surface area contributed by atoms with E-state index in [0.717, 1.165) is 0 Å². The highest BCUT2D eigenvalue weighted by Gasteiger charge is 2.17. The molecule has 0 bridgehead atoms. The second kappa shape index (κ2) is 6.09. The first-order valence-electron chi connectivity index (χ1n) is 6.39. The molecule has 0 radical (unpaired) electrons. The number of nitrogens with zero attached hydrogens (tertiary/aromatic N) is 1. The van der Waals surface area contributed by atoms with Gasteiger partial charge >= 0.3 is 5.97 Å². The summed E-state index contributed by atoms with van der Waals surface area (Å²) in [4.78, 5) is 15.5. The van der Waals surface area contributed by atoms with E-state index in [-0.39, 0.29) is 29.4 Å². The van der Waals surface area contributed by atoms with Crippen molar-refractivity contribution < 1.29 is 23.1 Å². The number of hydrogen-bond donors (Lipinski definition) is 1. The largest absolute Gasteiger partial charge is 0.490 e. The van der Waals surface area contributed by atoms with Crippen LogP contribution in [0.15, 0.2) is 30.5 Å². The Labute approximate surface area is 122 Å². The number of para-hydroxylation sites is 1. The number of ether oxygens (including phenoxy) is 1. The summed E-state index contributed by atoms with van der Waals surface area (Å²) in [5.41, 5.74) is 0.540. The smallest absolute Gasteiger partial charge is 0.340 e. The molecule has 0 spiro atoms. The van der Waals surface area contributed by atoms with E-state index in [4.69, 9.17) is 4.74 Å². The van der Waals surface area contributed by atoms with Gasteiger partial charge in [-0.3, -0.25) is 4.98 Å². The number of benzene rings is 1. The van der Waals surface area contributed by atoms with Crippen molar-refractivity contribution in [2.45, 2.75) is 6.92 Å². The zero-order valence-corrected chi connectivity index (χ0v) is 12.3. The van der Waals surface area contributed by atoms with Crippen LogP contribution < -0.4 is 4.74 Å². The lowest BCUT2D eigenvalue weighted by atomic mass is 10.1. The van der Waals surface area contributed by atoms with Crippen molar-refractivity contribution >= 4 is 26.7 Å². The molecule has 0 amide bonds. The molecular weight excluding hydrogens is 294 g/mol. The highest BCUT2D eigenvalue weighted by Crippen LogP contribution is 2.26. The van der Waals surface area contributed by atoms with E-state index in [2.05, 4.69) is 4.98 Å². The zero-order valence-electron chi connectivity index (χ0n) is 11.4. The van der Waals surface area contributed by atoms with Crippen molar-refractivity contribution in [3.8, 4) is 5.75 Å². The van der Waals surface area contributed by atoms with E-state index >= 15 is 0 Å². The molecule has 1 aromatic carbocycles. The van der Waals surface area contributed by atoms with Gasteiger partial charge in [-0.25, -0.2) is 13.2 Å². The van der Waals surface area contributed by atoms with E-state index in [1.807, 2.05) is 0 Å². The highest BCUT2D eigenvalue weighted by atomic mass is 32.2. The van der Waals surface area contributed by atoms with Crippen molar-refractivity contribution in [1.82, 2.24) is 4.98 Å². The van der Waals surface area contributed by atoms with Crippen LogP contribution in [0.2, 0.25) is 0 Å². The van der Waals surface area contributed by atoms with Crippen molar-refractivity contribution in [2.24, 2.45) is 0 Å². The van der Waals surface area contributed by atoms with Gasteiger partial charge in [0, 0.05) is 11.1 Å². The number of carboxylic acid groups (broad SMARTS) is 1. The predicted molar refractivity (Wildman–Crippen MR) is 78.5 cm³/mol. The molecular formula is C14H15NO5S. The zero-order chi connectivity index (χ0) is 15.5.